The predicted molar refractivity (Wildman–Crippen MR) is 98.0 cm³/mol. The van der Waals surface area contributed by atoms with Gasteiger partial charge in [0.15, 0.2) is 0 Å². The SMILES string of the molecule is CC(C)c1ccc(SCC(=O)Nc2ccc([N+](=O)[O-])cc2C(F)(F)F)cc1. The first kappa shape index (κ1) is 20.8. The lowest BCUT2D eigenvalue weighted by Gasteiger charge is -2.13. The van der Waals surface area contributed by atoms with Gasteiger partial charge in [-0.05, 0) is 29.7 Å². The highest BCUT2D eigenvalue weighted by atomic mass is 32.2. The summed E-state index contributed by atoms with van der Waals surface area (Å²) in [7, 11) is 0. The molecule has 2 aromatic rings. The number of alkyl halides is 3. The van der Waals surface area contributed by atoms with Crippen molar-refractivity contribution in [1.82, 2.24) is 0 Å². The third-order valence-corrected chi connectivity index (χ3v) is 4.72. The first-order valence-corrected chi connectivity index (χ1v) is 8.94. The van der Waals surface area contributed by atoms with E-state index in [0.29, 0.717) is 12.0 Å². The molecule has 0 aromatic heterocycles. The van der Waals surface area contributed by atoms with E-state index in [2.05, 4.69) is 19.2 Å². The Labute approximate surface area is 158 Å². The number of nitrogens with one attached hydrogen (secondary N) is 1. The van der Waals surface area contributed by atoms with Gasteiger partial charge in [-0.3, -0.25) is 14.9 Å². The largest absolute Gasteiger partial charge is 0.418 e. The molecular formula is C18H17F3N2O3S. The highest BCUT2D eigenvalue weighted by molar-refractivity contribution is 8.00. The summed E-state index contributed by atoms with van der Waals surface area (Å²) >= 11 is 1.19. The van der Waals surface area contributed by atoms with Crippen LogP contribution in [0.2, 0.25) is 0 Å². The number of nitro benzene ring substituents is 1. The van der Waals surface area contributed by atoms with Crippen molar-refractivity contribution < 1.29 is 22.9 Å². The normalized spacial score (nSPS) is 11.5. The Balaban J connectivity index is 2.07. The van der Waals surface area contributed by atoms with E-state index in [1.807, 2.05) is 24.3 Å². The van der Waals surface area contributed by atoms with Crippen molar-refractivity contribution in [2.75, 3.05) is 11.1 Å². The lowest BCUT2D eigenvalue weighted by molar-refractivity contribution is -0.385. The van der Waals surface area contributed by atoms with Crippen LogP contribution in [0.3, 0.4) is 0 Å². The summed E-state index contributed by atoms with van der Waals surface area (Å²) < 4.78 is 39.4. The fourth-order valence-corrected chi connectivity index (χ4v) is 2.97. The molecule has 0 aliphatic carbocycles. The molecule has 0 fully saturated rings. The van der Waals surface area contributed by atoms with Gasteiger partial charge in [0.25, 0.3) is 5.69 Å². The van der Waals surface area contributed by atoms with Crippen LogP contribution in [-0.4, -0.2) is 16.6 Å². The van der Waals surface area contributed by atoms with Gasteiger partial charge in [-0.1, -0.05) is 26.0 Å². The Bertz CT molecular complexity index is 837. The number of thioether (sulfide) groups is 1. The van der Waals surface area contributed by atoms with Crippen LogP contribution in [0.15, 0.2) is 47.4 Å². The monoisotopic (exact) mass is 398 g/mol. The Morgan fingerprint density at radius 1 is 1.19 bits per heavy atom. The summed E-state index contributed by atoms with van der Waals surface area (Å²) in [4.78, 5) is 22.6. The van der Waals surface area contributed by atoms with Crippen LogP contribution in [-0.2, 0) is 11.0 Å². The van der Waals surface area contributed by atoms with Crippen LogP contribution < -0.4 is 5.32 Å². The molecule has 2 rings (SSSR count). The molecule has 0 heterocycles. The van der Waals surface area contributed by atoms with Gasteiger partial charge in [0, 0.05) is 17.0 Å². The molecule has 2 aromatic carbocycles. The number of hydrogen-bond acceptors (Lipinski definition) is 4. The number of carbonyl (C=O) groups is 1. The zero-order valence-electron chi connectivity index (χ0n) is 14.5. The number of nitro groups is 1. The number of nitrogens with zero attached hydrogens (tertiary/aromatic N) is 1. The van der Waals surface area contributed by atoms with Crippen molar-refractivity contribution in [2.24, 2.45) is 0 Å². The number of benzene rings is 2. The maximum atomic E-state index is 13.1. The number of hydrogen-bond donors (Lipinski definition) is 1. The number of amides is 1. The van der Waals surface area contributed by atoms with E-state index in [-0.39, 0.29) is 5.75 Å². The second-order valence-corrected chi connectivity index (χ2v) is 7.09. The predicted octanol–water partition coefficient (Wildman–Crippen LogP) is 5.47. The zero-order chi connectivity index (χ0) is 20.2. The van der Waals surface area contributed by atoms with Crippen LogP contribution in [0, 0.1) is 10.1 Å². The van der Waals surface area contributed by atoms with Crippen molar-refractivity contribution in [3.63, 3.8) is 0 Å². The average Bonchev–Trinajstić information content (AvgIpc) is 2.59. The van der Waals surface area contributed by atoms with Crippen molar-refractivity contribution >= 4 is 29.0 Å². The van der Waals surface area contributed by atoms with Gasteiger partial charge in [-0.25, -0.2) is 0 Å². The molecule has 1 amide bonds. The second kappa shape index (κ2) is 8.43. The molecular weight excluding hydrogens is 381 g/mol. The topological polar surface area (TPSA) is 72.2 Å². The third-order valence-electron chi connectivity index (χ3n) is 3.71. The number of halogens is 3. The van der Waals surface area contributed by atoms with E-state index in [1.165, 1.54) is 11.8 Å². The van der Waals surface area contributed by atoms with E-state index in [0.717, 1.165) is 22.6 Å². The molecule has 0 aliphatic rings. The van der Waals surface area contributed by atoms with Crippen LogP contribution in [0.25, 0.3) is 0 Å². The molecule has 0 spiro atoms. The van der Waals surface area contributed by atoms with E-state index in [9.17, 15) is 28.1 Å². The molecule has 0 bridgehead atoms. The molecule has 0 unspecified atom stereocenters. The maximum absolute atomic E-state index is 13.1. The van der Waals surface area contributed by atoms with Crippen LogP contribution in [0.5, 0.6) is 0 Å². The summed E-state index contributed by atoms with van der Waals surface area (Å²) in [6, 6.07) is 9.78. The van der Waals surface area contributed by atoms with Crippen molar-refractivity contribution in [3.05, 3.63) is 63.7 Å². The second-order valence-electron chi connectivity index (χ2n) is 6.05. The van der Waals surface area contributed by atoms with Crippen molar-refractivity contribution in [3.8, 4) is 0 Å². The van der Waals surface area contributed by atoms with Gasteiger partial charge in [0.05, 0.1) is 21.9 Å². The zero-order valence-corrected chi connectivity index (χ0v) is 15.4. The number of non-ortho nitro benzene ring substituents is 1. The summed E-state index contributed by atoms with van der Waals surface area (Å²) in [6.07, 6.45) is -4.82. The van der Waals surface area contributed by atoms with E-state index >= 15 is 0 Å². The summed E-state index contributed by atoms with van der Waals surface area (Å²) in [6.45, 7) is 4.11. The van der Waals surface area contributed by atoms with Crippen molar-refractivity contribution in [2.45, 2.75) is 30.8 Å². The van der Waals surface area contributed by atoms with E-state index in [4.69, 9.17) is 0 Å². The maximum Gasteiger partial charge on any atom is 0.418 e. The summed E-state index contributed by atoms with van der Waals surface area (Å²) in [5.41, 5.74) is -1.31. The molecule has 0 atom stereocenters. The highest BCUT2D eigenvalue weighted by Crippen LogP contribution is 2.37. The van der Waals surface area contributed by atoms with Gasteiger partial charge >= 0.3 is 6.18 Å². The van der Waals surface area contributed by atoms with Gasteiger partial charge in [-0.15, -0.1) is 11.8 Å². The molecule has 5 nitrogen and oxygen atoms in total. The Morgan fingerprint density at radius 3 is 2.33 bits per heavy atom. The smallest absolute Gasteiger partial charge is 0.325 e. The Kier molecular flexibility index (Phi) is 6.48. The minimum atomic E-state index is -4.82. The van der Waals surface area contributed by atoms with Crippen molar-refractivity contribution in [1.29, 1.82) is 0 Å². The fraction of sp³-hybridized carbons (Fsp3) is 0.278. The average molecular weight is 398 g/mol. The third kappa shape index (κ3) is 5.72. The Morgan fingerprint density at radius 2 is 1.81 bits per heavy atom. The summed E-state index contributed by atoms with van der Waals surface area (Å²) in [5.74, 6) is -0.350. The van der Waals surface area contributed by atoms with Crippen LogP contribution in [0.1, 0.15) is 30.9 Å². The lowest BCUT2D eigenvalue weighted by Crippen LogP contribution is -2.18. The molecule has 0 radical (unpaired) electrons. The Hall–Kier alpha value is -2.55. The molecule has 0 saturated heterocycles. The van der Waals surface area contributed by atoms with Crippen LogP contribution in [0.4, 0.5) is 24.5 Å². The summed E-state index contributed by atoms with van der Waals surface area (Å²) in [5, 5.41) is 12.9. The number of anilines is 1. The lowest BCUT2D eigenvalue weighted by atomic mass is 10.0. The van der Waals surface area contributed by atoms with E-state index < -0.39 is 33.9 Å². The molecule has 1 N–H and O–H groups in total. The molecule has 0 aliphatic heterocycles. The van der Waals surface area contributed by atoms with E-state index in [1.54, 1.807) is 0 Å². The fourth-order valence-electron chi connectivity index (χ4n) is 2.27. The minimum absolute atomic E-state index is 0.0880. The number of carbonyl (C=O) groups excluding carboxylic acids is 1. The first-order chi connectivity index (χ1) is 12.6. The first-order valence-electron chi connectivity index (χ1n) is 7.96. The quantitative estimate of drug-likeness (QED) is 0.398. The molecule has 0 saturated carbocycles. The highest BCUT2D eigenvalue weighted by Gasteiger charge is 2.35. The van der Waals surface area contributed by atoms with Gasteiger partial charge < -0.3 is 5.32 Å². The van der Waals surface area contributed by atoms with Gasteiger partial charge in [0.2, 0.25) is 5.91 Å². The molecule has 27 heavy (non-hydrogen) atoms. The molecule has 9 heteroatoms. The van der Waals surface area contributed by atoms with Gasteiger partial charge in [-0.2, -0.15) is 13.2 Å². The van der Waals surface area contributed by atoms with Crippen LogP contribution >= 0.6 is 11.8 Å². The molecule has 144 valence electrons. The number of rotatable bonds is 6. The van der Waals surface area contributed by atoms with Gasteiger partial charge in [0.1, 0.15) is 0 Å². The standard InChI is InChI=1S/C18H17F3N2O3S/c1-11(2)12-3-6-14(7-4-12)27-10-17(24)22-16-8-5-13(23(25)26)9-15(16)18(19,20)21/h3-9,11H,10H2,1-2H3,(H,22,24). The minimum Gasteiger partial charge on any atom is -0.325 e.